The zero-order chi connectivity index (χ0) is 24.5. The lowest BCUT2D eigenvalue weighted by atomic mass is 9.97. The monoisotopic (exact) mass is 471 g/mol. The second-order valence-corrected chi connectivity index (χ2v) is 7.97. The third-order valence-electron chi connectivity index (χ3n) is 5.81. The van der Waals surface area contributed by atoms with Crippen LogP contribution in [0.2, 0.25) is 0 Å². The third-order valence-corrected chi connectivity index (χ3v) is 5.81. The summed E-state index contributed by atoms with van der Waals surface area (Å²) in [5, 5.41) is 0.0763. The molecule has 6 nitrogen and oxygen atoms in total. The zero-order valence-corrected chi connectivity index (χ0v) is 19.0. The SMILES string of the molecule is C=CCOc1ccc(C2c3c(oc4ccc(F)cc4c3=O)C(=O)N2c2ccccc2)cc1OCC. The molecular formula is C28H22FNO5. The summed E-state index contributed by atoms with van der Waals surface area (Å²) in [6.45, 7) is 6.20. The lowest BCUT2D eigenvalue weighted by Crippen LogP contribution is -2.29. The van der Waals surface area contributed by atoms with Crippen molar-refractivity contribution in [2.45, 2.75) is 13.0 Å². The number of carbonyl (C=O) groups excluding carboxylic acids is 1. The maximum absolute atomic E-state index is 14.0. The van der Waals surface area contributed by atoms with Crippen LogP contribution in [0.25, 0.3) is 11.0 Å². The Kier molecular flexibility index (Phi) is 5.82. The molecule has 1 aliphatic heterocycles. The third kappa shape index (κ3) is 3.85. The van der Waals surface area contributed by atoms with Gasteiger partial charge in [0.2, 0.25) is 5.76 Å². The van der Waals surface area contributed by atoms with Crippen molar-refractivity contribution in [1.29, 1.82) is 0 Å². The van der Waals surface area contributed by atoms with E-state index in [9.17, 15) is 14.0 Å². The van der Waals surface area contributed by atoms with Crippen molar-refractivity contribution < 1.29 is 23.1 Å². The van der Waals surface area contributed by atoms with Crippen LogP contribution in [0.1, 0.15) is 34.6 Å². The number of hydrogen-bond donors (Lipinski definition) is 0. The maximum atomic E-state index is 14.0. The Morgan fingerprint density at radius 3 is 2.57 bits per heavy atom. The highest BCUT2D eigenvalue weighted by molar-refractivity contribution is 6.10. The molecule has 7 heteroatoms. The Morgan fingerprint density at radius 2 is 1.83 bits per heavy atom. The Bertz CT molecular complexity index is 1490. The van der Waals surface area contributed by atoms with E-state index in [1.54, 1.807) is 36.4 Å². The number of benzene rings is 3. The molecule has 2 heterocycles. The van der Waals surface area contributed by atoms with Gasteiger partial charge < -0.3 is 13.9 Å². The van der Waals surface area contributed by atoms with Crippen molar-refractivity contribution in [2.24, 2.45) is 0 Å². The fourth-order valence-electron chi connectivity index (χ4n) is 4.35. The minimum absolute atomic E-state index is 0.0621. The van der Waals surface area contributed by atoms with Crippen LogP contribution in [-0.4, -0.2) is 19.1 Å². The molecule has 1 aromatic heterocycles. The van der Waals surface area contributed by atoms with Crippen LogP contribution >= 0.6 is 0 Å². The smallest absolute Gasteiger partial charge is 0.295 e. The van der Waals surface area contributed by atoms with Crippen molar-refractivity contribution >= 4 is 22.6 Å². The topological polar surface area (TPSA) is 69.0 Å². The van der Waals surface area contributed by atoms with E-state index in [0.717, 1.165) is 6.07 Å². The quantitative estimate of drug-likeness (QED) is 0.326. The molecule has 1 amide bonds. The molecule has 1 aliphatic rings. The number of halogens is 1. The van der Waals surface area contributed by atoms with Gasteiger partial charge in [-0.2, -0.15) is 0 Å². The van der Waals surface area contributed by atoms with E-state index in [4.69, 9.17) is 13.9 Å². The summed E-state index contributed by atoms with van der Waals surface area (Å²) in [5.74, 6) is -0.0961. The van der Waals surface area contributed by atoms with Gasteiger partial charge in [0.25, 0.3) is 5.91 Å². The summed E-state index contributed by atoms with van der Waals surface area (Å²) in [5.41, 5.74) is 1.06. The molecule has 0 spiro atoms. The molecular weight excluding hydrogens is 449 g/mol. The Hall–Kier alpha value is -4.39. The molecule has 4 aromatic rings. The fourth-order valence-corrected chi connectivity index (χ4v) is 4.35. The van der Waals surface area contributed by atoms with Crippen LogP contribution in [0.5, 0.6) is 11.5 Å². The molecule has 0 bridgehead atoms. The molecule has 35 heavy (non-hydrogen) atoms. The maximum Gasteiger partial charge on any atom is 0.295 e. The average molecular weight is 471 g/mol. The first kappa shape index (κ1) is 22.4. The average Bonchev–Trinajstić information content (AvgIpc) is 3.17. The molecule has 3 aromatic carbocycles. The number of nitrogens with zero attached hydrogens (tertiary/aromatic N) is 1. The minimum Gasteiger partial charge on any atom is -0.490 e. The summed E-state index contributed by atoms with van der Waals surface area (Å²) in [4.78, 5) is 28.8. The molecule has 0 fully saturated rings. The minimum atomic E-state index is -0.809. The van der Waals surface area contributed by atoms with Gasteiger partial charge in [0.05, 0.1) is 23.6 Å². The molecule has 176 valence electrons. The van der Waals surface area contributed by atoms with Crippen LogP contribution in [0.15, 0.2) is 88.6 Å². The number of carbonyl (C=O) groups is 1. The molecule has 1 unspecified atom stereocenters. The zero-order valence-electron chi connectivity index (χ0n) is 19.0. The van der Waals surface area contributed by atoms with Gasteiger partial charge in [-0.15, -0.1) is 0 Å². The van der Waals surface area contributed by atoms with Gasteiger partial charge >= 0.3 is 0 Å². The Labute approximate surface area is 200 Å². The molecule has 0 saturated carbocycles. The van der Waals surface area contributed by atoms with E-state index < -0.39 is 23.2 Å². The van der Waals surface area contributed by atoms with Gasteiger partial charge in [-0.3, -0.25) is 14.5 Å². The van der Waals surface area contributed by atoms with Crippen molar-refractivity contribution in [3.8, 4) is 11.5 Å². The summed E-state index contributed by atoms with van der Waals surface area (Å²) in [6.07, 6.45) is 1.63. The number of hydrogen-bond acceptors (Lipinski definition) is 5. The summed E-state index contributed by atoms with van der Waals surface area (Å²) in [6, 6.07) is 17.2. The highest BCUT2D eigenvalue weighted by atomic mass is 19.1. The van der Waals surface area contributed by atoms with E-state index in [2.05, 4.69) is 6.58 Å². The van der Waals surface area contributed by atoms with E-state index >= 15 is 0 Å². The number of fused-ring (bicyclic) bond motifs is 2. The molecule has 0 aliphatic carbocycles. The Morgan fingerprint density at radius 1 is 1.03 bits per heavy atom. The largest absolute Gasteiger partial charge is 0.490 e. The predicted octanol–water partition coefficient (Wildman–Crippen LogP) is 5.65. The summed E-state index contributed by atoms with van der Waals surface area (Å²) >= 11 is 0. The second kappa shape index (κ2) is 9.10. The van der Waals surface area contributed by atoms with Gasteiger partial charge in [-0.05, 0) is 55.0 Å². The van der Waals surface area contributed by atoms with Gasteiger partial charge in [0.15, 0.2) is 16.9 Å². The standard InChI is InChI=1S/C28H22FNO5/c1-3-14-34-22-12-10-17(15-23(22)33-4-2)25-24-26(31)20-16-18(29)11-13-21(20)35-27(24)28(32)30(25)19-8-6-5-7-9-19/h3,5-13,15-16,25H,1,4,14H2,2H3. The van der Waals surface area contributed by atoms with Crippen LogP contribution in [0.4, 0.5) is 10.1 Å². The lowest BCUT2D eigenvalue weighted by Gasteiger charge is -2.26. The highest BCUT2D eigenvalue weighted by Crippen LogP contribution is 2.43. The Balaban J connectivity index is 1.75. The second-order valence-electron chi connectivity index (χ2n) is 7.97. The van der Waals surface area contributed by atoms with Gasteiger partial charge in [-0.1, -0.05) is 36.9 Å². The van der Waals surface area contributed by atoms with Crippen molar-refractivity contribution in [3.63, 3.8) is 0 Å². The van der Waals surface area contributed by atoms with E-state index in [0.29, 0.717) is 36.0 Å². The van der Waals surface area contributed by atoms with E-state index in [1.807, 2.05) is 25.1 Å². The first-order valence-corrected chi connectivity index (χ1v) is 11.2. The van der Waals surface area contributed by atoms with Crippen molar-refractivity contribution in [2.75, 3.05) is 18.1 Å². The van der Waals surface area contributed by atoms with Crippen LogP contribution in [-0.2, 0) is 0 Å². The van der Waals surface area contributed by atoms with E-state index in [1.165, 1.54) is 17.0 Å². The van der Waals surface area contributed by atoms with Crippen LogP contribution in [0, 0.1) is 5.82 Å². The number of amides is 1. The molecule has 0 saturated heterocycles. The van der Waals surface area contributed by atoms with Gasteiger partial charge in [0.1, 0.15) is 18.0 Å². The van der Waals surface area contributed by atoms with Crippen LogP contribution in [0.3, 0.4) is 0 Å². The first-order chi connectivity index (χ1) is 17.0. The van der Waals surface area contributed by atoms with Gasteiger partial charge in [0, 0.05) is 5.69 Å². The van der Waals surface area contributed by atoms with Crippen molar-refractivity contribution in [1.82, 2.24) is 0 Å². The lowest BCUT2D eigenvalue weighted by molar-refractivity contribution is 0.0971. The predicted molar refractivity (Wildman–Crippen MR) is 131 cm³/mol. The van der Waals surface area contributed by atoms with Crippen LogP contribution < -0.4 is 19.8 Å². The number of rotatable bonds is 7. The number of para-hydroxylation sites is 1. The summed E-state index contributed by atoms with van der Waals surface area (Å²) in [7, 11) is 0. The van der Waals surface area contributed by atoms with Gasteiger partial charge in [-0.25, -0.2) is 4.39 Å². The number of ether oxygens (including phenoxy) is 2. The molecule has 0 radical (unpaired) electrons. The first-order valence-electron chi connectivity index (χ1n) is 11.2. The molecule has 5 rings (SSSR count). The molecule has 0 N–H and O–H groups in total. The summed E-state index contributed by atoms with van der Waals surface area (Å²) < 4.78 is 31.4. The van der Waals surface area contributed by atoms with Crippen molar-refractivity contribution in [3.05, 3.63) is 112 Å². The highest BCUT2D eigenvalue weighted by Gasteiger charge is 2.44. The molecule has 1 atom stereocenters. The fraction of sp³-hybridized carbons (Fsp3) is 0.143. The number of anilines is 1. The van der Waals surface area contributed by atoms with E-state index in [-0.39, 0.29) is 22.3 Å². The normalized spacial score (nSPS) is 14.7.